The van der Waals surface area contributed by atoms with Gasteiger partial charge in [-0.2, -0.15) is 0 Å². The predicted molar refractivity (Wildman–Crippen MR) is 73.6 cm³/mol. The summed E-state index contributed by atoms with van der Waals surface area (Å²) in [5.74, 6) is 4.05. The van der Waals surface area contributed by atoms with Gasteiger partial charge < -0.3 is 0 Å². The van der Waals surface area contributed by atoms with Gasteiger partial charge in [-0.25, -0.2) is 0 Å². The van der Waals surface area contributed by atoms with Gasteiger partial charge in [-0.1, -0.05) is 66.2 Å². The van der Waals surface area contributed by atoms with Crippen LogP contribution in [0.5, 0.6) is 0 Å². The average molecular weight is 224 g/mol. The maximum absolute atomic E-state index is 2.37. The fourth-order valence-corrected chi connectivity index (χ4v) is 3.47. The van der Waals surface area contributed by atoms with E-state index in [9.17, 15) is 0 Å². The lowest BCUT2D eigenvalue weighted by atomic mass is 9.84. The lowest BCUT2D eigenvalue weighted by Crippen LogP contribution is -2.09. The summed E-state index contributed by atoms with van der Waals surface area (Å²) < 4.78 is 0. The molecule has 16 heavy (non-hydrogen) atoms. The van der Waals surface area contributed by atoms with Crippen LogP contribution in [0.15, 0.2) is 0 Å². The molecule has 2 saturated carbocycles. The highest BCUT2D eigenvalue weighted by molar-refractivity contribution is 4.66. The van der Waals surface area contributed by atoms with Crippen LogP contribution in [0, 0.1) is 23.7 Å². The van der Waals surface area contributed by atoms with Crippen molar-refractivity contribution in [3.05, 3.63) is 0 Å². The lowest BCUT2D eigenvalue weighted by molar-refractivity contribution is 0.301. The smallest absolute Gasteiger partial charge is 0.0440 e. The first kappa shape index (κ1) is 14.1. The molecule has 0 bridgehead atoms. The average Bonchev–Trinajstić information content (AvgIpc) is 2.17. The van der Waals surface area contributed by atoms with E-state index in [4.69, 9.17) is 0 Å². The molecule has 0 aliphatic heterocycles. The topological polar surface area (TPSA) is 0 Å². The first-order chi connectivity index (χ1) is 7.58. The van der Waals surface area contributed by atoms with E-state index in [2.05, 4.69) is 27.7 Å². The fourth-order valence-electron chi connectivity index (χ4n) is 3.47. The number of hydrogen-bond donors (Lipinski definition) is 0. The molecule has 0 aromatic carbocycles. The summed E-state index contributed by atoms with van der Waals surface area (Å²) in [6, 6.07) is 0. The molecule has 0 heterocycles. The van der Waals surface area contributed by atoms with Crippen molar-refractivity contribution in [3.63, 3.8) is 0 Å². The fraction of sp³-hybridized carbons (Fsp3) is 1.00. The van der Waals surface area contributed by atoms with E-state index in [1.165, 1.54) is 51.4 Å². The van der Waals surface area contributed by atoms with Crippen molar-refractivity contribution < 1.29 is 0 Å². The Morgan fingerprint density at radius 3 is 0.875 bits per heavy atom. The van der Waals surface area contributed by atoms with Gasteiger partial charge in [0, 0.05) is 0 Å². The summed E-state index contributed by atoms with van der Waals surface area (Å²) in [6.07, 6.45) is 11.8. The SMILES string of the molecule is C[C@@H]1CCC[C@@H](C)C1.C[C@H]1CCC[C@H](C)C1. The molecule has 2 fully saturated rings. The Morgan fingerprint density at radius 2 is 0.750 bits per heavy atom. The van der Waals surface area contributed by atoms with E-state index < -0.39 is 0 Å². The van der Waals surface area contributed by atoms with E-state index in [0.29, 0.717) is 0 Å². The van der Waals surface area contributed by atoms with Crippen LogP contribution >= 0.6 is 0 Å². The summed E-state index contributed by atoms with van der Waals surface area (Å²) in [5, 5.41) is 0. The first-order valence-electron chi connectivity index (χ1n) is 7.58. The molecule has 0 aromatic heterocycles. The van der Waals surface area contributed by atoms with Crippen molar-refractivity contribution in [1.82, 2.24) is 0 Å². The molecule has 0 amide bonds. The Balaban J connectivity index is 0.000000160. The Labute approximate surface area is 103 Å². The van der Waals surface area contributed by atoms with Crippen LogP contribution in [0.4, 0.5) is 0 Å². The lowest BCUT2D eigenvalue weighted by Gasteiger charge is -2.22. The summed E-state index contributed by atoms with van der Waals surface area (Å²) in [5.41, 5.74) is 0. The van der Waals surface area contributed by atoms with Crippen LogP contribution in [0.3, 0.4) is 0 Å². The van der Waals surface area contributed by atoms with Crippen molar-refractivity contribution in [3.8, 4) is 0 Å². The molecule has 2 aliphatic rings. The normalized spacial score (nSPS) is 39.8. The standard InChI is InChI=1S/2C8H16/c2*1-7-4-3-5-8(2)6-7/h2*7-8H,3-6H2,1-2H3/t2*7-,8-/m10/s1. The third-order valence-corrected chi connectivity index (χ3v) is 4.40. The molecule has 0 N–H and O–H groups in total. The summed E-state index contributed by atoms with van der Waals surface area (Å²) in [4.78, 5) is 0. The molecule has 2 aliphatic carbocycles. The number of rotatable bonds is 0. The van der Waals surface area contributed by atoms with Gasteiger partial charge in [0.15, 0.2) is 0 Å². The van der Waals surface area contributed by atoms with E-state index >= 15 is 0 Å². The summed E-state index contributed by atoms with van der Waals surface area (Å²) >= 11 is 0. The van der Waals surface area contributed by atoms with Gasteiger partial charge >= 0.3 is 0 Å². The third kappa shape index (κ3) is 5.92. The molecule has 2 rings (SSSR count). The van der Waals surface area contributed by atoms with Gasteiger partial charge in [-0.15, -0.1) is 0 Å². The number of hydrogen-bond acceptors (Lipinski definition) is 0. The zero-order chi connectivity index (χ0) is 12.0. The summed E-state index contributed by atoms with van der Waals surface area (Å²) in [7, 11) is 0. The van der Waals surface area contributed by atoms with Crippen LogP contribution in [0.1, 0.15) is 79.1 Å². The van der Waals surface area contributed by atoms with Crippen LogP contribution in [-0.2, 0) is 0 Å². The molecular formula is C16H32. The first-order valence-corrected chi connectivity index (χ1v) is 7.58. The highest BCUT2D eigenvalue weighted by Gasteiger charge is 2.14. The largest absolute Gasteiger partial charge is 0.0625 e. The van der Waals surface area contributed by atoms with Gasteiger partial charge in [0.1, 0.15) is 0 Å². The molecule has 0 aromatic rings. The van der Waals surface area contributed by atoms with Crippen molar-refractivity contribution in [2.75, 3.05) is 0 Å². The Morgan fingerprint density at radius 1 is 0.500 bits per heavy atom. The highest BCUT2D eigenvalue weighted by Crippen LogP contribution is 2.28. The molecule has 0 heteroatoms. The molecular weight excluding hydrogens is 192 g/mol. The van der Waals surface area contributed by atoms with Crippen LogP contribution < -0.4 is 0 Å². The minimum absolute atomic E-state index is 1.01. The van der Waals surface area contributed by atoms with Gasteiger partial charge in [0.25, 0.3) is 0 Å². The zero-order valence-corrected chi connectivity index (χ0v) is 12.0. The van der Waals surface area contributed by atoms with E-state index in [0.717, 1.165) is 23.7 Å². The molecule has 0 nitrogen and oxygen atoms in total. The molecule has 4 atom stereocenters. The third-order valence-electron chi connectivity index (χ3n) is 4.40. The summed E-state index contributed by atoms with van der Waals surface area (Å²) in [6.45, 7) is 9.48. The second-order valence-corrected chi connectivity index (χ2v) is 6.75. The van der Waals surface area contributed by atoms with Crippen molar-refractivity contribution in [2.45, 2.75) is 79.1 Å². The van der Waals surface area contributed by atoms with E-state index in [1.54, 1.807) is 0 Å². The van der Waals surface area contributed by atoms with Crippen LogP contribution in [0.2, 0.25) is 0 Å². The van der Waals surface area contributed by atoms with Crippen molar-refractivity contribution >= 4 is 0 Å². The maximum Gasteiger partial charge on any atom is -0.0440 e. The second kappa shape index (κ2) is 7.35. The van der Waals surface area contributed by atoms with Gasteiger partial charge in [-0.05, 0) is 36.5 Å². The molecule has 0 unspecified atom stereocenters. The van der Waals surface area contributed by atoms with Crippen molar-refractivity contribution in [1.29, 1.82) is 0 Å². The minimum Gasteiger partial charge on any atom is -0.0625 e. The second-order valence-electron chi connectivity index (χ2n) is 6.75. The maximum atomic E-state index is 2.37. The highest BCUT2D eigenvalue weighted by atomic mass is 14.2. The minimum atomic E-state index is 1.01. The van der Waals surface area contributed by atoms with Crippen LogP contribution in [0.25, 0.3) is 0 Å². The Hall–Kier alpha value is 0. The predicted octanol–water partition coefficient (Wildman–Crippen LogP) is 5.67. The van der Waals surface area contributed by atoms with Gasteiger partial charge in [-0.3, -0.25) is 0 Å². The van der Waals surface area contributed by atoms with Crippen molar-refractivity contribution in [2.24, 2.45) is 23.7 Å². The van der Waals surface area contributed by atoms with Crippen LogP contribution in [-0.4, -0.2) is 0 Å². The molecule has 0 radical (unpaired) electrons. The monoisotopic (exact) mass is 224 g/mol. The quantitative estimate of drug-likeness (QED) is 0.497. The molecule has 0 saturated heterocycles. The van der Waals surface area contributed by atoms with E-state index in [-0.39, 0.29) is 0 Å². The molecule has 0 spiro atoms. The van der Waals surface area contributed by atoms with Gasteiger partial charge in [0.2, 0.25) is 0 Å². The molecule has 96 valence electrons. The van der Waals surface area contributed by atoms with Gasteiger partial charge in [0.05, 0.1) is 0 Å². The van der Waals surface area contributed by atoms with E-state index in [1.807, 2.05) is 0 Å². The Kier molecular flexibility index (Phi) is 6.46. The Bertz CT molecular complexity index is 137. The zero-order valence-electron chi connectivity index (χ0n) is 12.0.